The highest BCUT2D eigenvalue weighted by Gasteiger charge is 2.22. The van der Waals surface area contributed by atoms with Gasteiger partial charge in [0.2, 0.25) is 0 Å². The average molecular weight is 292 g/mol. The minimum Gasteiger partial charge on any atom is -0.311 e. The fourth-order valence-electron chi connectivity index (χ4n) is 3.38. The Labute approximate surface area is 125 Å². The lowest BCUT2D eigenvalue weighted by atomic mass is 9.81. The van der Waals surface area contributed by atoms with Crippen molar-refractivity contribution >= 4 is 22.8 Å². The van der Waals surface area contributed by atoms with Crippen molar-refractivity contribution in [2.24, 2.45) is 11.8 Å². The summed E-state index contributed by atoms with van der Waals surface area (Å²) in [4.78, 5) is 9.08. The van der Waals surface area contributed by atoms with Crippen LogP contribution in [-0.2, 0) is 12.4 Å². The van der Waals surface area contributed by atoms with Gasteiger partial charge in [-0.25, -0.2) is 9.97 Å². The number of aromatic nitrogens is 3. The van der Waals surface area contributed by atoms with Crippen LogP contribution in [0.15, 0.2) is 18.3 Å². The van der Waals surface area contributed by atoms with Crippen LogP contribution in [0.4, 0.5) is 0 Å². The Balaban J connectivity index is 1.80. The van der Waals surface area contributed by atoms with Gasteiger partial charge in [-0.05, 0) is 36.8 Å². The number of hydrogen-bond acceptors (Lipinski definition) is 2. The van der Waals surface area contributed by atoms with Gasteiger partial charge in [-0.1, -0.05) is 26.2 Å². The Kier molecular flexibility index (Phi) is 4.25. The van der Waals surface area contributed by atoms with E-state index >= 15 is 0 Å². The molecule has 4 heteroatoms. The summed E-state index contributed by atoms with van der Waals surface area (Å²) >= 11 is 6.06. The monoisotopic (exact) mass is 291 g/mol. The smallest absolute Gasteiger partial charge is 0.160 e. The first kappa shape index (κ1) is 13.9. The zero-order valence-electron chi connectivity index (χ0n) is 12.1. The van der Waals surface area contributed by atoms with Crippen LogP contribution >= 0.6 is 11.6 Å². The molecule has 0 aliphatic heterocycles. The van der Waals surface area contributed by atoms with E-state index in [4.69, 9.17) is 11.6 Å². The molecule has 0 saturated heterocycles. The van der Waals surface area contributed by atoms with Gasteiger partial charge in [0, 0.05) is 12.7 Å². The maximum Gasteiger partial charge on any atom is 0.160 e. The second-order valence-corrected chi connectivity index (χ2v) is 6.18. The van der Waals surface area contributed by atoms with E-state index in [0.717, 1.165) is 35.4 Å². The van der Waals surface area contributed by atoms with Crippen LogP contribution in [0.2, 0.25) is 0 Å². The summed E-state index contributed by atoms with van der Waals surface area (Å²) in [6.07, 6.45) is 8.57. The lowest BCUT2D eigenvalue weighted by Crippen LogP contribution is -2.19. The molecule has 0 unspecified atom stereocenters. The van der Waals surface area contributed by atoms with E-state index in [1.807, 2.05) is 18.3 Å². The summed E-state index contributed by atoms with van der Waals surface area (Å²) < 4.78 is 2.24. The second-order valence-electron chi connectivity index (χ2n) is 5.91. The van der Waals surface area contributed by atoms with Gasteiger partial charge < -0.3 is 4.57 Å². The van der Waals surface area contributed by atoms with E-state index in [1.54, 1.807) is 0 Å². The third kappa shape index (κ3) is 2.69. The number of halogens is 1. The number of fused-ring (bicyclic) bond motifs is 1. The van der Waals surface area contributed by atoms with E-state index in [1.165, 1.54) is 32.1 Å². The van der Waals surface area contributed by atoms with Gasteiger partial charge in [-0.15, -0.1) is 11.6 Å². The maximum atomic E-state index is 6.06. The number of imidazole rings is 1. The maximum absolute atomic E-state index is 6.06. The molecule has 20 heavy (non-hydrogen) atoms. The molecule has 108 valence electrons. The van der Waals surface area contributed by atoms with Crippen LogP contribution in [0.25, 0.3) is 11.2 Å². The molecule has 2 heterocycles. The zero-order valence-corrected chi connectivity index (χ0v) is 12.8. The molecule has 2 aromatic heterocycles. The fourth-order valence-corrected chi connectivity index (χ4v) is 3.58. The second kappa shape index (κ2) is 6.13. The summed E-state index contributed by atoms with van der Waals surface area (Å²) in [5, 5.41) is 0. The van der Waals surface area contributed by atoms with Gasteiger partial charge >= 0.3 is 0 Å². The Hall–Kier alpha value is -1.09. The van der Waals surface area contributed by atoms with Crippen LogP contribution in [0.1, 0.15) is 44.9 Å². The van der Waals surface area contributed by atoms with Gasteiger partial charge in [-0.3, -0.25) is 0 Å². The molecule has 1 aliphatic rings. The number of pyridine rings is 1. The predicted molar refractivity (Wildman–Crippen MR) is 82.8 cm³/mol. The first-order chi connectivity index (χ1) is 9.81. The van der Waals surface area contributed by atoms with Crippen molar-refractivity contribution in [2.45, 2.75) is 51.5 Å². The quantitative estimate of drug-likeness (QED) is 0.782. The molecule has 0 bridgehead atoms. The molecule has 1 saturated carbocycles. The Bertz CT molecular complexity index is 570. The van der Waals surface area contributed by atoms with Crippen molar-refractivity contribution < 1.29 is 0 Å². The molecule has 1 aliphatic carbocycles. The summed E-state index contributed by atoms with van der Waals surface area (Å²) in [5.41, 5.74) is 1.95. The lowest BCUT2D eigenvalue weighted by molar-refractivity contribution is 0.248. The lowest BCUT2D eigenvalue weighted by Gasteiger charge is -2.28. The van der Waals surface area contributed by atoms with Crippen LogP contribution in [-0.4, -0.2) is 14.5 Å². The van der Waals surface area contributed by atoms with Crippen LogP contribution in [0.3, 0.4) is 0 Å². The molecular weight excluding hydrogens is 270 g/mol. The van der Waals surface area contributed by atoms with Crippen molar-refractivity contribution in [1.82, 2.24) is 14.5 Å². The number of nitrogens with zero attached hydrogens (tertiary/aromatic N) is 3. The number of alkyl halides is 1. The van der Waals surface area contributed by atoms with Crippen molar-refractivity contribution in [2.75, 3.05) is 0 Å². The average Bonchev–Trinajstić information content (AvgIpc) is 2.86. The first-order valence-electron chi connectivity index (χ1n) is 7.68. The van der Waals surface area contributed by atoms with E-state index < -0.39 is 0 Å². The SMILES string of the molecule is CCC1CCC(Cn2c(CCl)nc3cccnc32)CC1. The van der Waals surface area contributed by atoms with Crippen molar-refractivity contribution in [3.63, 3.8) is 0 Å². The Morgan fingerprint density at radius 3 is 2.70 bits per heavy atom. The number of rotatable bonds is 4. The minimum atomic E-state index is 0.459. The van der Waals surface area contributed by atoms with Crippen LogP contribution < -0.4 is 0 Å². The molecule has 0 amide bonds. The fraction of sp³-hybridized carbons (Fsp3) is 0.625. The zero-order chi connectivity index (χ0) is 13.9. The molecule has 3 rings (SSSR count). The molecule has 0 spiro atoms. The third-order valence-electron chi connectivity index (χ3n) is 4.69. The van der Waals surface area contributed by atoms with Gasteiger partial charge in [0.1, 0.15) is 11.3 Å². The molecule has 2 aromatic rings. The minimum absolute atomic E-state index is 0.459. The van der Waals surface area contributed by atoms with Gasteiger partial charge in [0.15, 0.2) is 5.65 Å². The van der Waals surface area contributed by atoms with Crippen molar-refractivity contribution in [1.29, 1.82) is 0 Å². The topological polar surface area (TPSA) is 30.7 Å². The number of hydrogen-bond donors (Lipinski definition) is 0. The van der Waals surface area contributed by atoms with Crippen LogP contribution in [0, 0.1) is 11.8 Å². The van der Waals surface area contributed by atoms with Crippen molar-refractivity contribution in [3.05, 3.63) is 24.2 Å². The van der Waals surface area contributed by atoms with Crippen LogP contribution in [0.5, 0.6) is 0 Å². The molecule has 3 nitrogen and oxygen atoms in total. The molecular formula is C16H22ClN3. The largest absolute Gasteiger partial charge is 0.311 e. The molecule has 0 N–H and O–H groups in total. The standard InChI is InChI=1S/C16H22ClN3/c1-2-12-5-7-13(8-6-12)11-20-15(10-17)19-14-4-3-9-18-16(14)20/h3-4,9,12-13H,2,5-8,10-11H2,1H3. The van der Waals surface area contributed by atoms with E-state index in [9.17, 15) is 0 Å². The molecule has 0 atom stereocenters. The first-order valence-corrected chi connectivity index (χ1v) is 8.21. The van der Waals surface area contributed by atoms with Gasteiger partial charge in [0.05, 0.1) is 5.88 Å². The van der Waals surface area contributed by atoms with Crippen molar-refractivity contribution in [3.8, 4) is 0 Å². The van der Waals surface area contributed by atoms with E-state index in [-0.39, 0.29) is 0 Å². The Morgan fingerprint density at radius 2 is 2.00 bits per heavy atom. The Morgan fingerprint density at radius 1 is 1.25 bits per heavy atom. The van der Waals surface area contributed by atoms with E-state index in [2.05, 4.69) is 21.5 Å². The normalized spacial score (nSPS) is 23.3. The highest BCUT2D eigenvalue weighted by molar-refractivity contribution is 6.16. The predicted octanol–water partition coefficient (Wildman–Crippen LogP) is 4.39. The summed E-state index contributed by atoms with van der Waals surface area (Å²) in [6.45, 7) is 3.33. The molecule has 1 fully saturated rings. The highest BCUT2D eigenvalue weighted by atomic mass is 35.5. The summed E-state index contributed by atoms with van der Waals surface area (Å²) in [5.74, 6) is 3.11. The third-order valence-corrected chi connectivity index (χ3v) is 4.93. The van der Waals surface area contributed by atoms with E-state index in [0.29, 0.717) is 5.88 Å². The molecule has 0 radical (unpaired) electrons. The molecule has 0 aromatic carbocycles. The summed E-state index contributed by atoms with van der Waals surface area (Å²) in [7, 11) is 0. The van der Waals surface area contributed by atoms with Gasteiger partial charge in [0.25, 0.3) is 0 Å². The van der Waals surface area contributed by atoms with Gasteiger partial charge in [-0.2, -0.15) is 0 Å². The highest BCUT2D eigenvalue weighted by Crippen LogP contribution is 2.32. The summed E-state index contributed by atoms with van der Waals surface area (Å²) in [6, 6.07) is 3.95.